The maximum absolute atomic E-state index is 9.33. The van der Waals surface area contributed by atoms with Crippen LogP contribution in [0.4, 0.5) is 0 Å². The first-order chi connectivity index (χ1) is 2.56. The largest absolute Gasteiger partial charge is 1.00 e. The molecule has 0 spiro atoms. The molecule has 0 unspecified atom stereocenters. The van der Waals surface area contributed by atoms with Crippen molar-refractivity contribution in [3.05, 3.63) is 12.0 Å². The van der Waals surface area contributed by atoms with E-state index in [-0.39, 0.29) is 51.4 Å². The predicted octanol–water partition coefficient (Wildman–Crippen LogP) is -3.32. The van der Waals surface area contributed by atoms with E-state index in [1.54, 1.807) is 0 Å². The molecule has 0 aromatic rings. The van der Waals surface area contributed by atoms with Crippen LogP contribution in [0.2, 0.25) is 0 Å². The van der Waals surface area contributed by atoms with E-state index < -0.39 is 10.1 Å². The third-order valence-electron chi connectivity index (χ3n) is 0.204. The van der Waals surface area contributed by atoms with Gasteiger partial charge in [0.25, 0.3) is 0 Å². The molecule has 0 atom stereocenters. The molecule has 0 saturated heterocycles. The average molecular weight is 146 g/mol. The third-order valence-corrected chi connectivity index (χ3v) is 0.612. The molecular formula is C2H3KO3S. The summed E-state index contributed by atoms with van der Waals surface area (Å²) in [5, 5.41) is 0.354. The number of rotatable bonds is 1. The van der Waals surface area contributed by atoms with Crippen LogP contribution in [0.5, 0.6) is 0 Å². The summed E-state index contributed by atoms with van der Waals surface area (Å²) < 4.78 is 28.0. The summed E-state index contributed by atoms with van der Waals surface area (Å²) in [5.41, 5.74) is 0. The molecule has 0 aromatic heterocycles. The van der Waals surface area contributed by atoms with Crippen LogP contribution in [0.15, 0.2) is 12.0 Å². The summed E-state index contributed by atoms with van der Waals surface area (Å²) in [6.07, 6.45) is 0. The first kappa shape index (κ1) is 11.1. The topological polar surface area (TPSA) is 57.2 Å². The van der Waals surface area contributed by atoms with Crippen molar-refractivity contribution in [1.82, 2.24) is 0 Å². The Morgan fingerprint density at radius 1 is 1.57 bits per heavy atom. The Bertz CT molecular complexity index is 123. The molecule has 36 valence electrons. The van der Waals surface area contributed by atoms with Gasteiger partial charge in [-0.25, -0.2) is 8.42 Å². The van der Waals surface area contributed by atoms with Gasteiger partial charge in [-0.2, -0.15) is 0 Å². The summed E-state index contributed by atoms with van der Waals surface area (Å²) in [7, 11) is -4.15. The fourth-order valence-electron chi connectivity index (χ4n) is 0. The van der Waals surface area contributed by atoms with Crippen molar-refractivity contribution >= 4 is 10.1 Å². The number of hydrogen-bond acceptors (Lipinski definition) is 3. The van der Waals surface area contributed by atoms with E-state index in [9.17, 15) is 13.0 Å². The van der Waals surface area contributed by atoms with E-state index in [1.807, 2.05) is 0 Å². The molecule has 0 aliphatic carbocycles. The van der Waals surface area contributed by atoms with E-state index in [4.69, 9.17) is 0 Å². The normalized spacial score (nSPS) is 9.29. The zero-order chi connectivity index (χ0) is 5.21. The molecule has 0 aromatic carbocycles. The first-order valence-electron chi connectivity index (χ1n) is 1.14. The molecule has 5 heteroatoms. The van der Waals surface area contributed by atoms with Crippen LogP contribution in [0.3, 0.4) is 0 Å². The van der Waals surface area contributed by atoms with Crippen molar-refractivity contribution in [2.45, 2.75) is 0 Å². The van der Waals surface area contributed by atoms with Crippen molar-refractivity contribution in [1.29, 1.82) is 0 Å². The molecule has 0 fully saturated rings. The maximum Gasteiger partial charge on any atom is 1.00 e. The van der Waals surface area contributed by atoms with Gasteiger partial charge in [0.2, 0.25) is 0 Å². The van der Waals surface area contributed by atoms with Crippen molar-refractivity contribution in [3.63, 3.8) is 0 Å². The summed E-state index contributed by atoms with van der Waals surface area (Å²) in [6, 6.07) is 0. The second-order valence-corrected chi connectivity index (χ2v) is 1.98. The van der Waals surface area contributed by atoms with Crippen molar-refractivity contribution in [2.24, 2.45) is 0 Å². The van der Waals surface area contributed by atoms with E-state index in [0.29, 0.717) is 5.41 Å². The standard InChI is InChI=1S/C2H4O3S.K/c1-2-6(3,4)5;/h2H,1H2,(H,3,4,5);/q;+1/p-1. The van der Waals surface area contributed by atoms with Crippen LogP contribution < -0.4 is 51.4 Å². The zero-order valence-corrected chi connectivity index (χ0v) is 7.86. The minimum Gasteiger partial charge on any atom is -0.745 e. The molecule has 0 aliphatic rings. The Kier molecular flexibility index (Phi) is 6.67. The van der Waals surface area contributed by atoms with Crippen LogP contribution in [0.1, 0.15) is 0 Å². The zero-order valence-electron chi connectivity index (χ0n) is 3.92. The van der Waals surface area contributed by atoms with Gasteiger partial charge in [-0.15, -0.1) is 0 Å². The molecule has 3 nitrogen and oxygen atoms in total. The van der Waals surface area contributed by atoms with Gasteiger partial charge in [-0.3, -0.25) is 0 Å². The number of hydrogen-bond donors (Lipinski definition) is 0. The molecule has 0 aliphatic heterocycles. The summed E-state index contributed by atoms with van der Waals surface area (Å²) in [6.45, 7) is 2.73. The van der Waals surface area contributed by atoms with E-state index in [1.165, 1.54) is 0 Å². The Morgan fingerprint density at radius 2 is 1.71 bits per heavy atom. The van der Waals surface area contributed by atoms with Crippen molar-refractivity contribution in [2.75, 3.05) is 0 Å². The second kappa shape index (κ2) is 4.19. The molecule has 0 N–H and O–H groups in total. The van der Waals surface area contributed by atoms with Gasteiger partial charge in [-0.1, -0.05) is 6.58 Å². The Labute approximate surface area is 85.0 Å². The molecule has 0 amide bonds. The Balaban J connectivity index is 0. The minimum atomic E-state index is -4.15. The van der Waals surface area contributed by atoms with Crippen molar-refractivity contribution in [3.8, 4) is 0 Å². The van der Waals surface area contributed by atoms with Crippen LogP contribution >= 0.6 is 0 Å². The van der Waals surface area contributed by atoms with E-state index in [0.717, 1.165) is 0 Å². The first-order valence-corrected chi connectivity index (χ1v) is 2.62. The smallest absolute Gasteiger partial charge is 0.745 e. The van der Waals surface area contributed by atoms with E-state index >= 15 is 0 Å². The quantitative estimate of drug-likeness (QED) is 0.287. The Morgan fingerprint density at radius 3 is 1.71 bits per heavy atom. The Hall–Kier alpha value is 1.29. The second-order valence-electron chi connectivity index (χ2n) is 0.659. The molecule has 0 bridgehead atoms. The van der Waals surface area contributed by atoms with Gasteiger partial charge in [0.05, 0.1) is 0 Å². The van der Waals surface area contributed by atoms with Crippen LogP contribution in [-0.2, 0) is 10.1 Å². The van der Waals surface area contributed by atoms with Gasteiger partial charge in [-0.05, 0) is 0 Å². The maximum atomic E-state index is 9.33. The monoisotopic (exact) mass is 146 g/mol. The van der Waals surface area contributed by atoms with Gasteiger partial charge in [0, 0.05) is 5.41 Å². The van der Waals surface area contributed by atoms with Gasteiger partial charge in [0.15, 0.2) is 0 Å². The molecule has 0 heterocycles. The fourth-order valence-corrected chi connectivity index (χ4v) is 0. The minimum absolute atomic E-state index is 0. The predicted molar refractivity (Wildman–Crippen MR) is 19.9 cm³/mol. The molecular weight excluding hydrogens is 143 g/mol. The SMILES string of the molecule is C=CS(=O)(=O)[O-].[K+]. The molecule has 0 radical (unpaired) electrons. The van der Waals surface area contributed by atoms with Gasteiger partial charge >= 0.3 is 51.4 Å². The summed E-state index contributed by atoms with van der Waals surface area (Å²) in [5.74, 6) is 0. The van der Waals surface area contributed by atoms with Gasteiger partial charge in [0.1, 0.15) is 10.1 Å². The van der Waals surface area contributed by atoms with Crippen LogP contribution in [0.25, 0.3) is 0 Å². The summed E-state index contributed by atoms with van der Waals surface area (Å²) in [4.78, 5) is 0. The van der Waals surface area contributed by atoms with Crippen LogP contribution in [0, 0.1) is 0 Å². The van der Waals surface area contributed by atoms with Crippen molar-refractivity contribution < 1.29 is 64.4 Å². The molecule has 0 saturated carbocycles. The van der Waals surface area contributed by atoms with Crippen LogP contribution in [-0.4, -0.2) is 13.0 Å². The fraction of sp³-hybridized carbons (Fsp3) is 0. The summed E-state index contributed by atoms with van der Waals surface area (Å²) >= 11 is 0. The molecule has 0 rings (SSSR count). The van der Waals surface area contributed by atoms with Gasteiger partial charge < -0.3 is 4.55 Å². The average Bonchev–Trinajstić information content (AvgIpc) is 1.35. The molecule has 7 heavy (non-hydrogen) atoms. The van der Waals surface area contributed by atoms with E-state index in [2.05, 4.69) is 6.58 Å². The third kappa shape index (κ3) is 11.1.